The summed E-state index contributed by atoms with van der Waals surface area (Å²) in [5.74, 6) is -0.0600. The Morgan fingerprint density at radius 3 is 2.63 bits per heavy atom. The van der Waals surface area contributed by atoms with Gasteiger partial charge in [-0.15, -0.1) is 0 Å². The molecule has 5 nitrogen and oxygen atoms in total. The van der Waals surface area contributed by atoms with Crippen LogP contribution in [0.4, 0.5) is 5.69 Å². The van der Waals surface area contributed by atoms with Gasteiger partial charge in [-0.05, 0) is 35.4 Å². The maximum Gasteiger partial charge on any atom is 0.220 e. The molecule has 2 rings (SSSR count). The zero-order valence-electron chi connectivity index (χ0n) is 10.0. The predicted molar refractivity (Wildman–Crippen MR) is 79.1 cm³/mol. The fourth-order valence-corrected chi connectivity index (χ4v) is 2.78. The molecule has 1 heterocycles. The second-order valence-corrected chi connectivity index (χ2v) is 7.09. The minimum Gasteiger partial charge on any atom is -0.312 e. The lowest BCUT2D eigenvalue weighted by atomic mass is 10.2. The normalized spacial score (nSPS) is 15.5. The average molecular weight is 320 g/mol. The first-order chi connectivity index (χ1) is 8.83. The third-order valence-corrected chi connectivity index (χ3v) is 3.65. The quantitative estimate of drug-likeness (QED) is 0.803. The Morgan fingerprint density at radius 2 is 2.05 bits per heavy atom. The highest BCUT2D eigenvalue weighted by molar-refractivity contribution is 7.89. The summed E-state index contributed by atoms with van der Waals surface area (Å²) in [6.07, 6.45) is 2.71. The molecule has 102 valence electrons. The molecular formula is C11H11Cl2N3O2S. The Labute approximate surface area is 121 Å². The smallest absolute Gasteiger partial charge is 0.220 e. The maximum absolute atomic E-state index is 11.3. The van der Waals surface area contributed by atoms with Crippen molar-refractivity contribution in [1.29, 1.82) is 0 Å². The van der Waals surface area contributed by atoms with Gasteiger partial charge in [-0.1, -0.05) is 11.6 Å². The van der Waals surface area contributed by atoms with E-state index >= 15 is 0 Å². The minimum absolute atomic E-state index is 0.0600. The van der Waals surface area contributed by atoms with E-state index in [1.54, 1.807) is 23.1 Å². The predicted octanol–water partition coefficient (Wildman–Crippen LogP) is 2.29. The first-order valence-electron chi connectivity index (χ1n) is 5.31. The van der Waals surface area contributed by atoms with Crippen LogP contribution in [0.2, 0.25) is 5.02 Å². The van der Waals surface area contributed by atoms with Crippen LogP contribution in [0.3, 0.4) is 0 Å². The lowest BCUT2D eigenvalue weighted by Crippen LogP contribution is -2.25. The topological polar surface area (TPSA) is 62.1 Å². The molecule has 8 heteroatoms. The molecule has 0 unspecified atom stereocenters. The van der Waals surface area contributed by atoms with Crippen molar-refractivity contribution >= 4 is 50.4 Å². The number of hydrogen-bond donors (Lipinski definition) is 0. The van der Waals surface area contributed by atoms with Crippen molar-refractivity contribution in [2.45, 2.75) is 5.75 Å². The fourth-order valence-electron chi connectivity index (χ4n) is 1.66. The monoisotopic (exact) mass is 319 g/mol. The van der Waals surface area contributed by atoms with Gasteiger partial charge in [0.1, 0.15) is 6.67 Å². The van der Waals surface area contributed by atoms with Gasteiger partial charge in [-0.2, -0.15) is 0 Å². The minimum atomic E-state index is -3.11. The van der Waals surface area contributed by atoms with E-state index in [1.165, 1.54) is 12.6 Å². The van der Waals surface area contributed by atoms with Crippen molar-refractivity contribution in [2.24, 2.45) is 9.98 Å². The van der Waals surface area contributed by atoms with Crippen molar-refractivity contribution in [3.8, 4) is 0 Å². The number of hydrogen-bond acceptors (Lipinski definition) is 5. The molecule has 0 radical (unpaired) electrons. The van der Waals surface area contributed by atoms with E-state index in [2.05, 4.69) is 9.98 Å². The first kappa shape index (κ1) is 14.3. The third kappa shape index (κ3) is 4.19. The molecule has 0 bridgehead atoms. The van der Waals surface area contributed by atoms with Crippen LogP contribution in [0.5, 0.6) is 0 Å². The van der Waals surface area contributed by atoms with Crippen molar-refractivity contribution < 1.29 is 8.42 Å². The van der Waals surface area contributed by atoms with Crippen LogP contribution in [-0.2, 0) is 15.6 Å². The molecule has 0 amide bonds. The number of sulfone groups is 1. The van der Waals surface area contributed by atoms with E-state index in [-0.39, 0.29) is 11.0 Å². The van der Waals surface area contributed by atoms with Crippen LogP contribution in [0.15, 0.2) is 28.2 Å². The van der Waals surface area contributed by atoms with Gasteiger partial charge in [0.25, 0.3) is 0 Å². The lowest BCUT2D eigenvalue weighted by molar-refractivity contribution is 0.601. The van der Waals surface area contributed by atoms with Crippen molar-refractivity contribution in [1.82, 2.24) is 0 Å². The molecule has 0 fully saturated rings. The fraction of sp³-hybridized carbons (Fsp3) is 0.273. The van der Waals surface area contributed by atoms with Gasteiger partial charge in [-0.3, -0.25) is 0 Å². The number of rotatable bonds is 3. The molecule has 0 saturated heterocycles. The SMILES string of the molecule is CS(=O)(=O)Cc1cc(Cl)cc(N2C=NC(Cl)=NC2)c1. The van der Waals surface area contributed by atoms with Gasteiger partial charge in [0.2, 0.25) is 5.29 Å². The van der Waals surface area contributed by atoms with E-state index in [0.717, 1.165) is 5.69 Å². The number of nitrogens with zero attached hydrogens (tertiary/aromatic N) is 3. The molecule has 0 atom stereocenters. The lowest BCUT2D eigenvalue weighted by Gasteiger charge is -2.20. The van der Waals surface area contributed by atoms with E-state index in [9.17, 15) is 8.42 Å². The zero-order chi connectivity index (χ0) is 14.0. The summed E-state index contributed by atoms with van der Waals surface area (Å²) in [6.45, 7) is 0.320. The van der Waals surface area contributed by atoms with Gasteiger partial charge < -0.3 is 4.90 Å². The molecule has 19 heavy (non-hydrogen) atoms. The zero-order valence-corrected chi connectivity index (χ0v) is 12.4. The Hall–Kier alpha value is -1.11. The highest BCUT2D eigenvalue weighted by Gasteiger charge is 2.12. The second kappa shape index (κ2) is 5.48. The van der Waals surface area contributed by atoms with Crippen LogP contribution < -0.4 is 4.90 Å². The van der Waals surface area contributed by atoms with Gasteiger partial charge >= 0.3 is 0 Å². The highest BCUT2D eigenvalue weighted by atomic mass is 35.5. The molecule has 0 saturated carbocycles. The Bertz CT molecular complexity index is 656. The van der Waals surface area contributed by atoms with Gasteiger partial charge in [0.05, 0.1) is 12.1 Å². The van der Waals surface area contributed by atoms with Gasteiger partial charge in [0.15, 0.2) is 9.84 Å². The summed E-state index contributed by atoms with van der Waals surface area (Å²) >= 11 is 11.6. The standard InChI is InChI=1S/C11H11Cl2N3O2S/c1-19(17,18)5-8-2-9(12)4-10(3-8)16-6-14-11(13)15-7-16/h2-4,6H,5,7H2,1H3. The molecule has 0 N–H and O–H groups in total. The Balaban J connectivity index is 2.30. The Kier molecular flexibility index (Phi) is 4.13. The number of anilines is 1. The number of halogens is 2. The molecule has 1 aliphatic heterocycles. The first-order valence-corrected chi connectivity index (χ1v) is 8.13. The summed E-state index contributed by atoms with van der Waals surface area (Å²) < 4.78 is 22.6. The number of amidine groups is 1. The van der Waals surface area contributed by atoms with Crippen molar-refractivity contribution in [3.63, 3.8) is 0 Å². The molecular weight excluding hydrogens is 309 g/mol. The molecule has 0 spiro atoms. The molecule has 1 aromatic rings. The summed E-state index contributed by atoms with van der Waals surface area (Å²) in [7, 11) is -3.11. The van der Waals surface area contributed by atoms with Gasteiger partial charge in [-0.25, -0.2) is 18.4 Å². The molecule has 0 aromatic heterocycles. The summed E-state index contributed by atoms with van der Waals surface area (Å²) in [5, 5.41) is 0.653. The Morgan fingerprint density at radius 1 is 1.32 bits per heavy atom. The number of benzene rings is 1. The second-order valence-electron chi connectivity index (χ2n) is 4.17. The van der Waals surface area contributed by atoms with E-state index < -0.39 is 9.84 Å². The largest absolute Gasteiger partial charge is 0.312 e. The maximum atomic E-state index is 11.3. The van der Waals surface area contributed by atoms with Crippen molar-refractivity contribution in [2.75, 3.05) is 17.8 Å². The van der Waals surface area contributed by atoms with E-state index in [4.69, 9.17) is 23.2 Å². The average Bonchev–Trinajstić information content (AvgIpc) is 2.26. The molecule has 1 aliphatic rings. The van der Waals surface area contributed by atoms with Crippen molar-refractivity contribution in [3.05, 3.63) is 28.8 Å². The van der Waals surface area contributed by atoms with Crippen LogP contribution in [0.1, 0.15) is 5.56 Å². The van der Waals surface area contributed by atoms with Crippen LogP contribution in [-0.4, -0.2) is 33.0 Å². The molecule has 1 aromatic carbocycles. The van der Waals surface area contributed by atoms with Crippen LogP contribution >= 0.6 is 23.2 Å². The molecule has 0 aliphatic carbocycles. The van der Waals surface area contributed by atoms with Crippen LogP contribution in [0, 0.1) is 0 Å². The summed E-state index contributed by atoms with van der Waals surface area (Å²) in [5.41, 5.74) is 1.35. The van der Waals surface area contributed by atoms with E-state index in [1.807, 2.05) is 0 Å². The summed E-state index contributed by atoms with van der Waals surface area (Å²) in [6, 6.07) is 5.09. The van der Waals surface area contributed by atoms with Gasteiger partial charge in [0, 0.05) is 17.0 Å². The third-order valence-electron chi connectivity index (χ3n) is 2.36. The number of aliphatic imine (C=N–C) groups is 2. The van der Waals surface area contributed by atoms with E-state index in [0.29, 0.717) is 17.3 Å². The van der Waals surface area contributed by atoms with Crippen LogP contribution in [0.25, 0.3) is 0 Å². The summed E-state index contributed by atoms with van der Waals surface area (Å²) in [4.78, 5) is 9.57. The highest BCUT2D eigenvalue weighted by Crippen LogP contribution is 2.24.